The lowest BCUT2D eigenvalue weighted by Gasteiger charge is -2.38. The van der Waals surface area contributed by atoms with Crippen molar-refractivity contribution in [2.45, 2.75) is 51.0 Å². The number of carboxylic acids is 1. The standard InChI is InChI=1S/C49H39Cl2N3O7/c1-29-3-2-4-36(19-29)48(56)54-26-38-24-45-44(60-28-46(61-45)35-14-16-39(17-15-35)59-27-32-9-18-40(50)41(51)20-32)23-37(38)22-43(54)47(55)53-42(49(57)58)21-30-5-10-33(11-6-30)34-12-7-31(25-52)8-13-34/h2-20,23,26,42-43,46H,21-22,24,27-28H2,1H3,(H,53,55)(H,57,58)/t42-,43-,46?/m0/s1. The van der Waals surface area contributed by atoms with Crippen molar-refractivity contribution in [1.29, 1.82) is 5.26 Å². The van der Waals surface area contributed by atoms with Crippen molar-refractivity contribution >= 4 is 41.0 Å². The molecule has 0 bridgehead atoms. The molecule has 306 valence electrons. The molecule has 0 saturated heterocycles. The van der Waals surface area contributed by atoms with Crippen LogP contribution in [0.5, 0.6) is 5.75 Å². The van der Waals surface area contributed by atoms with E-state index in [1.807, 2.05) is 85.8 Å². The minimum atomic E-state index is -1.26. The average Bonchev–Trinajstić information content (AvgIpc) is 3.28. The van der Waals surface area contributed by atoms with Crippen LogP contribution >= 0.6 is 23.2 Å². The van der Waals surface area contributed by atoms with Crippen LogP contribution in [0.4, 0.5) is 0 Å². The molecule has 10 nitrogen and oxygen atoms in total. The normalized spacial score (nSPS) is 17.2. The van der Waals surface area contributed by atoms with E-state index < -0.39 is 30.1 Å². The third-order valence-corrected chi connectivity index (χ3v) is 11.6. The van der Waals surface area contributed by atoms with Gasteiger partial charge in [-0.15, -0.1) is 0 Å². The molecule has 3 aliphatic rings. The molecule has 2 amide bonds. The number of nitriles is 1. The van der Waals surface area contributed by atoms with Gasteiger partial charge in [0.15, 0.2) is 11.9 Å². The zero-order valence-electron chi connectivity index (χ0n) is 32.9. The molecule has 1 aliphatic carbocycles. The van der Waals surface area contributed by atoms with E-state index in [0.29, 0.717) is 57.0 Å². The van der Waals surface area contributed by atoms with E-state index in [2.05, 4.69) is 11.4 Å². The molecule has 2 N–H and O–H groups in total. The zero-order chi connectivity index (χ0) is 42.6. The number of ether oxygens (including phenoxy) is 3. The molecular weight excluding hydrogens is 813 g/mol. The first-order valence-electron chi connectivity index (χ1n) is 19.6. The van der Waals surface area contributed by atoms with Gasteiger partial charge in [-0.05, 0) is 100 Å². The van der Waals surface area contributed by atoms with Gasteiger partial charge in [0.05, 0.1) is 21.7 Å². The van der Waals surface area contributed by atoms with E-state index in [9.17, 15) is 19.5 Å². The predicted octanol–water partition coefficient (Wildman–Crippen LogP) is 9.66. The van der Waals surface area contributed by atoms with Gasteiger partial charge >= 0.3 is 5.97 Å². The molecule has 2 heterocycles. The number of benzene rings is 5. The summed E-state index contributed by atoms with van der Waals surface area (Å²) in [6.07, 6.45) is 3.61. The van der Waals surface area contributed by atoms with Gasteiger partial charge in [-0.25, -0.2) is 4.79 Å². The molecule has 0 spiro atoms. The molecule has 12 heteroatoms. The van der Waals surface area contributed by atoms with Crippen LogP contribution in [0, 0.1) is 18.3 Å². The molecule has 5 aromatic carbocycles. The summed E-state index contributed by atoms with van der Waals surface area (Å²) in [7, 11) is 0. The lowest BCUT2D eigenvalue weighted by Crippen LogP contribution is -2.53. The van der Waals surface area contributed by atoms with Crippen molar-refractivity contribution in [2.24, 2.45) is 0 Å². The molecule has 2 aliphatic heterocycles. The molecule has 8 rings (SSSR count). The predicted molar refractivity (Wildman–Crippen MR) is 230 cm³/mol. The molecule has 0 aromatic heterocycles. The van der Waals surface area contributed by atoms with Gasteiger partial charge in [0.2, 0.25) is 5.91 Å². The van der Waals surface area contributed by atoms with Crippen LogP contribution in [0.25, 0.3) is 11.1 Å². The summed E-state index contributed by atoms with van der Waals surface area (Å²) in [6.45, 7) is 2.46. The number of halogens is 2. The monoisotopic (exact) mass is 851 g/mol. The van der Waals surface area contributed by atoms with Gasteiger partial charge in [0, 0.05) is 31.0 Å². The Morgan fingerprint density at radius 1 is 0.902 bits per heavy atom. The second kappa shape index (κ2) is 17.8. The Kier molecular flexibility index (Phi) is 12.0. The number of amides is 2. The van der Waals surface area contributed by atoms with E-state index in [-0.39, 0.29) is 25.4 Å². The second-order valence-corrected chi connectivity index (χ2v) is 15.9. The quantitative estimate of drug-likeness (QED) is 0.134. The first kappa shape index (κ1) is 41.0. The van der Waals surface area contributed by atoms with Crippen molar-refractivity contribution in [1.82, 2.24) is 10.2 Å². The van der Waals surface area contributed by atoms with Crippen molar-refractivity contribution in [3.05, 3.63) is 194 Å². The molecule has 0 fully saturated rings. The maximum Gasteiger partial charge on any atom is 0.326 e. The second-order valence-electron chi connectivity index (χ2n) is 15.1. The highest BCUT2D eigenvalue weighted by atomic mass is 35.5. The number of carbonyl (C=O) groups excluding carboxylic acids is 2. The largest absolute Gasteiger partial charge is 0.489 e. The summed E-state index contributed by atoms with van der Waals surface area (Å²) in [4.78, 5) is 42.4. The average molecular weight is 853 g/mol. The van der Waals surface area contributed by atoms with Gasteiger partial charge in [-0.2, -0.15) is 5.26 Å². The summed E-state index contributed by atoms with van der Waals surface area (Å²) >= 11 is 12.2. The van der Waals surface area contributed by atoms with Gasteiger partial charge in [-0.3, -0.25) is 9.59 Å². The third kappa shape index (κ3) is 9.34. The Morgan fingerprint density at radius 2 is 1.62 bits per heavy atom. The maximum atomic E-state index is 14.2. The van der Waals surface area contributed by atoms with E-state index in [1.54, 1.807) is 48.7 Å². The minimum absolute atomic E-state index is 0.0220. The van der Waals surface area contributed by atoms with E-state index in [4.69, 9.17) is 42.7 Å². The lowest BCUT2D eigenvalue weighted by molar-refractivity contribution is -0.142. The summed E-state index contributed by atoms with van der Waals surface area (Å²) in [5.41, 5.74) is 7.72. The number of carbonyl (C=O) groups is 3. The summed E-state index contributed by atoms with van der Waals surface area (Å²) in [6, 6.07) is 34.4. The fourth-order valence-electron chi connectivity index (χ4n) is 7.54. The SMILES string of the molecule is Cc1cccc(C(=O)N2C=C3CC4=C(C=C3C[C@H]2C(=O)N[C@@H](Cc2ccc(-c3ccc(C#N)cc3)cc2)C(=O)O)OCC(c2ccc(OCc3ccc(Cl)c(Cl)c3)cc2)O4)c1. The zero-order valence-corrected chi connectivity index (χ0v) is 34.5. The first-order valence-corrected chi connectivity index (χ1v) is 20.4. The lowest BCUT2D eigenvalue weighted by atomic mass is 9.86. The molecule has 0 radical (unpaired) electrons. The topological polar surface area (TPSA) is 138 Å². The van der Waals surface area contributed by atoms with E-state index in [1.165, 1.54) is 4.90 Å². The number of fused-ring (bicyclic) bond motifs is 1. The number of hydrogen-bond donors (Lipinski definition) is 2. The maximum absolute atomic E-state index is 14.2. The molecule has 0 saturated carbocycles. The first-order chi connectivity index (χ1) is 29.5. The van der Waals surface area contributed by atoms with Crippen LogP contribution < -0.4 is 10.1 Å². The summed E-state index contributed by atoms with van der Waals surface area (Å²) in [5.74, 6) is -0.355. The Labute approximate surface area is 362 Å². The fourth-order valence-corrected chi connectivity index (χ4v) is 7.86. The number of hydrogen-bond acceptors (Lipinski definition) is 7. The highest BCUT2D eigenvalue weighted by molar-refractivity contribution is 6.42. The number of nitrogens with zero attached hydrogens (tertiary/aromatic N) is 2. The summed E-state index contributed by atoms with van der Waals surface area (Å²) in [5, 5.41) is 23.1. The Bertz CT molecular complexity index is 2650. The van der Waals surface area contributed by atoms with Gasteiger partial charge in [0.1, 0.15) is 36.8 Å². The highest BCUT2D eigenvalue weighted by Crippen LogP contribution is 2.42. The van der Waals surface area contributed by atoms with E-state index in [0.717, 1.165) is 39.0 Å². The van der Waals surface area contributed by atoms with Crippen LogP contribution in [-0.4, -0.2) is 46.5 Å². The van der Waals surface area contributed by atoms with Crippen molar-refractivity contribution in [2.75, 3.05) is 6.61 Å². The molecular formula is C49H39Cl2N3O7. The number of allylic oxidation sites excluding steroid dienone is 2. The van der Waals surface area contributed by atoms with Crippen LogP contribution in [0.3, 0.4) is 0 Å². The number of carboxylic acid groups (broad SMARTS) is 1. The van der Waals surface area contributed by atoms with E-state index >= 15 is 0 Å². The molecule has 3 atom stereocenters. The van der Waals surface area contributed by atoms with Gasteiger partial charge in [-0.1, -0.05) is 95.5 Å². The smallest absolute Gasteiger partial charge is 0.326 e. The van der Waals surface area contributed by atoms with Crippen LogP contribution in [-0.2, 0) is 32.1 Å². The van der Waals surface area contributed by atoms with Gasteiger partial charge in [0.25, 0.3) is 5.91 Å². The summed E-state index contributed by atoms with van der Waals surface area (Å²) < 4.78 is 18.7. The Balaban J connectivity index is 0.981. The van der Waals surface area contributed by atoms with Crippen molar-refractivity contribution in [3.8, 4) is 22.9 Å². The van der Waals surface area contributed by atoms with Crippen LogP contribution in [0.1, 0.15) is 57.1 Å². The number of rotatable bonds is 11. The van der Waals surface area contributed by atoms with Crippen molar-refractivity contribution in [3.63, 3.8) is 0 Å². The minimum Gasteiger partial charge on any atom is -0.489 e. The number of aliphatic carboxylic acids is 1. The van der Waals surface area contributed by atoms with Gasteiger partial charge < -0.3 is 29.5 Å². The molecule has 1 unspecified atom stereocenters. The highest BCUT2D eigenvalue weighted by Gasteiger charge is 2.39. The molecule has 5 aromatic rings. The third-order valence-electron chi connectivity index (χ3n) is 10.9. The molecule has 61 heavy (non-hydrogen) atoms. The number of nitrogens with one attached hydrogen (secondary N) is 1. The fraction of sp³-hybridized carbons (Fsp3) is 0.184. The Morgan fingerprint density at radius 3 is 2.31 bits per heavy atom. The Hall–Kier alpha value is -6.80. The van der Waals surface area contributed by atoms with Crippen molar-refractivity contribution < 1.29 is 33.7 Å². The van der Waals surface area contributed by atoms with Crippen LogP contribution in [0.2, 0.25) is 10.0 Å². The van der Waals surface area contributed by atoms with Crippen LogP contribution in [0.15, 0.2) is 150 Å². The number of aryl methyl sites for hydroxylation is 1.